The van der Waals surface area contributed by atoms with Crippen molar-refractivity contribution < 1.29 is 19.0 Å². The first-order valence-corrected chi connectivity index (χ1v) is 9.06. The van der Waals surface area contributed by atoms with Crippen LogP contribution in [0.1, 0.15) is 37.7 Å². The lowest BCUT2D eigenvalue weighted by molar-refractivity contribution is -0.123. The lowest BCUT2D eigenvalue weighted by Gasteiger charge is -2.31. The fourth-order valence-electron chi connectivity index (χ4n) is 3.80. The Hall–Kier alpha value is -1.50. The number of carbonyl (C=O) groups is 1. The van der Waals surface area contributed by atoms with Crippen molar-refractivity contribution in [3.63, 3.8) is 0 Å². The van der Waals surface area contributed by atoms with Crippen molar-refractivity contribution in [3.05, 3.63) is 23.8 Å². The maximum atomic E-state index is 12.2. The van der Waals surface area contributed by atoms with Gasteiger partial charge in [0, 0.05) is 25.6 Å². The molecule has 1 heterocycles. The molecule has 1 fully saturated rings. The van der Waals surface area contributed by atoms with Gasteiger partial charge in [-0.05, 0) is 30.5 Å². The van der Waals surface area contributed by atoms with Crippen LogP contribution in [0.5, 0.6) is 11.5 Å². The first-order chi connectivity index (χ1) is 12.2. The molecule has 1 amide bonds. The van der Waals surface area contributed by atoms with E-state index in [-0.39, 0.29) is 29.8 Å². The summed E-state index contributed by atoms with van der Waals surface area (Å²) in [5.41, 5.74) is 6.79. The Morgan fingerprint density at radius 2 is 1.96 bits per heavy atom. The van der Waals surface area contributed by atoms with E-state index in [9.17, 15) is 4.79 Å². The quantitative estimate of drug-likeness (QED) is 0.752. The summed E-state index contributed by atoms with van der Waals surface area (Å²) in [7, 11) is 1.58. The maximum absolute atomic E-state index is 12.2. The minimum Gasteiger partial charge on any atom is -0.486 e. The van der Waals surface area contributed by atoms with Crippen LogP contribution in [0.4, 0.5) is 0 Å². The molecule has 1 atom stereocenters. The molecule has 6 nitrogen and oxygen atoms in total. The van der Waals surface area contributed by atoms with Gasteiger partial charge in [-0.15, -0.1) is 12.4 Å². The van der Waals surface area contributed by atoms with Gasteiger partial charge in [0.2, 0.25) is 5.91 Å². The average molecular weight is 385 g/mol. The van der Waals surface area contributed by atoms with Crippen LogP contribution in [0.15, 0.2) is 18.2 Å². The largest absolute Gasteiger partial charge is 0.486 e. The van der Waals surface area contributed by atoms with E-state index in [2.05, 4.69) is 17.4 Å². The summed E-state index contributed by atoms with van der Waals surface area (Å²) in [5.74, 6) is 1.60. The minimum absolute atomic E-state index is 0. The second-order valence-electron chi connectivity index (χ2n) is 6.92. The lowest BCUT2D eigenvalue weighted by Crippen LogP contribution is -2.41. The van der Waals surface area contributed by atoms with Crippen molar-refractivity contribution in [2.24, 2.45) is 5.73 Å². The molecule has 7 heteroatoms. The average Bonchev–Trinajstić information content (AvgIpc) is 3.14. The van der Waals surface area contributed by atoms with Crippen molar-refractivity contribution >= 4 is 18.3 Å². The number of halogens is 1. The molecule has 0 radical (unpaired) electrons. The standard InChI is InChI=1S/C19H28N2O4.ClH/c1-23-15(12-20)11-18(22)21-13-19(6-2-3-7-19)14-4-5-16-17(10-14)25-9-8-24-16;/h4-5,10,15H,2-3,6-9,11-13,20H2,1H3,(H,21,22);1H. The predicted octanol–water partition coefficient (Wildman–Crippen LogP) is 2.17. The molecular formula is C19H29ClN2O4. The molecule has 26 heavy (non-hydrogen) atoms. The number of nitrogens with one attached hydrogen (secondary N) is 1. The molecule has 1 saturated carbocycles. The highest BCUT2D eigenvalue weighted by molar-refractivity contribution is 5.85. The Morgan fingerprint density at radius 1 is 1.27 bits per heavy atom. The van der Waals surface area contributed by atoms with Crippen molar-refractivity contribution in [3.8, 4) is 11.5 Å². The molecule has 1 aromatic rings. The van der Waals surface area contributed by atoms with E-state index < -0.39 is 0 Å². The van der Waals surface area contributed by atoms with E-state index in [1.807, 2.05) is 6.07 Å². The number of ether oxygens (including phenoxy) is 3. The van der Waals surface area contributed by atoms with Crippen LogP contribution in [0, 0.1) is 0 Å². The molecule has 3 rings (SSSR count). The highest BCUT2D eigenvalue weighted by atomic mass is 35.5. The third kappa shape index (κ3) is 4.61. The van der Waals surface area contributed by atoms with Gasteiger partial charge in [-0.2, -0.15) is 0 Å². The van der Waals surface area contributed by atoms with Gasteiger partial charge in [-0.25, -0.2) is 0 Å². The van der Waals surface area contributed by atoms with Crippen LogP contribution < -0.4 is 20.5 Å². The summed E-state index contributed by atoms with van der Waals surface area (Å²) in [6, 6.07) is 6.19. The van der Waals surface area contributed by atoms with Crippen LogP contribution >= 0.6 is 12.4 Å². The van der Waals surface area contributed by atoms with Crippen LogP contribution in [0.2, 0.25) is 0 Å². The summed E-state index contributed by atoms with van der Waals surface area (Å²) < 4.78 is 16.6. The van der Waals surface area contributed by atoms with Crippen molar-refractivity contribution in [2.45, 2.75) is 43.6 Å². The molecule has 0 bridgehead atoms. The van der Waals surface area contributed by atoms with Crippen molar-refractivity contribution in [1.29, 1.82) is 0 Å². The number of nitrogens with two attached hydrogens (primary N) is 1. The number of amides is 1. The van der Waals surface area contributed by atoms with E-state index in [0.29, 0.717) is 32.7 Å². The van der Waals surface area contributed by atoms with Crippen LogP contribution in [-0.4, -0.2) is 45.4 Å². The smallest absolute Gasteiger partial charge is 0.222 e. The van der Waals surface area contributed by atoms with E-state index in [0.717, 1.165) is 24.3 Å². The summed E-state index contributed by atoms with van der Waals surface area (Å²) in [6.07, 6.45) is 4.55. The third-order valence-electron chi connectivity index (χ3n) is 5.35. The fourth-order valence-corrected chi connectivity index (χ4v) is 3.80. The van der Waals surface area contributed by atoms with E-state index >= 15 is 0 Å². The number of benzene rings is 1. The molecule has 2 aliphatic rings. The zero-order valence-corrected chi connectivity index (χ0v) is 16.1. The molecule has 1 unspecified atom stereocenters. The fraction of sp³-hybridized carbons (Fsp3) is 0.632. The topological polar surface area (TPSA) is 82.8 Å². The minimum atomic E-state index is -0.228. The lowest BCUT2D eigenvalue weighted by atomic mass is 9.78. The first-order valence-electron chi connectivity index (χ1n) is 9.06. The number of fused-ring (bicyclic) bond motifs is 1. The third-order valence-corrected chi connectivity index (χ3v) is 5.35. The van der Waals surface area contributed by atoms with Gasteiger partial charge in [0.1, 0.15) is 13.2 Å². The molecule has 1 aliphatic heterocycles. The predicted molar refractivity (Wildman–Crippen MR) is 102 cm³/mol. The second kappa shape index (κ2) is 9.44. The molecule has 0 spiro atoms. The highest BCUT2D eigenvalue weighted by Gasteiger charge is 2.36. The number of methoxy groups -OCH3 is 1. The summed E-state index contributed by atoms with van der Waals surface area (Å²) in [5, 5.41) is 3.10. The zero-order chi connectivity index (χ0) is 17.7. The van der Waals surface area contributed by atoms with Gasteiger partial charge in [0.05, 0.1) is 12.5 Å². The van der Waals surface area contributed by atoms with Gasteiger partial charge < -0.3 is 25.3 Å². The van der Waals surface area contributed by atoms with Crippen LogP contribution in [-0.2, 0) is 14.9 Å². The summed E-state index contributed by atoms with van der Waals surface area (Å²) >= 11 is 0. The monoisotopic (exact) mass is 384 g/mol. The molecular weight excluding hydrogens is 356 g/mol. The molecule has 0 aromatic heterocycles. The molecule has 3 N–H and O–H groups in total. The van der Waals surface area contributed by atoms with Gasteiger partial charge >= 0.3 is 0 Å². The van der Waals surface area contributed by atoms with Gasteiger partial charge in [0.15, 0.2) is 11.5 Å². The zero-order valence-electron chi connectivity index (χ0n) is 15.3. The number of hydrogen-bond acceptors (Lipinski definition) is 5. The molecule has 146 valence electrons. The Labute approximate surface area is 161 Å². The SMILES string of the molecule is COC(CN)CC(=O)NCC1(c2ccc3c(c2)OCCO3)CCCC1.Cl. The Balaban J connectivity index is 0.00000243. The molecule has 1 aromatic carbocycles. The van der Waals surface area contributed by atoms with E-state index in [1.165, 1.54) is 18.4 Å². The van der Waals surface area contributed by atoms with Crippen LogP contribution in [0.3, 0.4) is 0 Å². The summed E-state index contributed by atoms with van der Waals surface area (Å²) in [4.78, 5) is 12.2. The first kappa shape index (κ1) is 20.8. The van der Waals surface area contributed by atoms with E-state index in [1.54, 1.807) is 7.11 Å². The van der Waals surface area contributed by atoms with Crippen LogP contribution in [0.25, 0.3) is 0 Å². The normalized spacial score (nSPS) is 18.7. The van der Waals surface area contributed by atoms with E-state index in [4.69, 9.17) is 19.9 Å². The van der Waals surface area contributed by atoms with Crippen molar-refractivity contribution in [2.75, 3.05) is 33.4 Å². The number of hydrogen-bond donors (Lipinski definition) is 2. The van der Waals surface area contributed by atoms with Crippen molar-refractivity contribution in [1.82, 2.24) is 5.32 Å². The Morgan fingerprint density at radius 3 is 2.62 bits per heavy atom. The summed E-state index contributed by atoms with van der Waals surface area (Å²) in [6.45, 7) is 2.15. The van der Waals surface area contributed by atoms with Gasteiger partial charge in [-0.1, -0.05) is 18.9 Å². The van der Waals surface area contributed by atoms with Gasteiger partial charge in [0.25, 0.3) is 0 Å². The Kier molecular flexibility index (Phi) is 7.55. The Bertz CT molecular complexity index is 601. The molecule has 0 saturated heterocycles. The molecule has 1 aliphatic carbocycles. The van der Waals surface area contributed by atoms with Gasteiger partial charge in [-0.3, -0.25) is 4.79 Å². The second-order valence-corrected chi connectivity index (χ2v) is 6.92. The maximum Gasteiger partial charge on any atom is 0.222 e. The number of rotatable bonds is 7. The number of carbonyl (C=O) groups excluding carboxylic acids is 1. The highest BCUT2D eigenvalue weighted by Crippen LogP contribution is 2.43.